The van der Waals surface area contributed by atoms with Crippen LogP contribution in [0, 0.1) is 5.82 Å². The summed E-state index contributed by atoms with van der Waals surface area (Å²) in [5, 5.41) is 4.41. The fraction of sp³-hybridized carbons (Fsp3) is 0.357. The van der Waals surface area contributed by atoms with Crippen LogP contribution in [0.15, 0.2) is 18.2 Å². The van der Waals surface area contributed by atoms with Gasteiger partial charge in [-0.2, -0.15) is 0 Å². The van der Waals surface area contributed by atoms with Crippen molar-refractivity contribution in [1.82, 2.24) is 10.3 Å². The second kappa shape index (κ2) is 5.19. The number of hydrogen-bond acceptors (Lipinski definition) is 3. The summed E-state index contributed by atoms with van der Waals surface area (Å²) < 4.78 is 13.9. The molecule has 0 fully saturated rings. The molecule has 100 valence electrons. The number of aryl methyl sites for hydroxylation is 1. The molecule has 5 heteroatoms. The Morgan fingerprint density at radius 2 is 2.32 bits per heavy atom. The lowest BCUT2D eigenvalue weighted by Crippen LogP contribution is -2.19. The predicted molar refractivity (Wildman–Crippen MR) is 77.3 cm³/mol. The van der Waals surface area contributed by atoms with Gasteiger partial charge in [0.1, 0.15) is 10.8 Å². The first-order chi connectivity index (χ1) is 9.20. The molecular weight excluding hydrogens is 283 g/mol. The zero-order valence-electron chi connectivity index (χ0n) is 10.5. The number of nitrogens with zero attached hydrogens (tertiary/aromatic N) is 1. The Morgan fingerprint density at radius 1 is 1.47 bits per heavy atom. The Morgan fingerprint density at radius 3 is 3.05 bits per heavy atom. The molecule has 1 unspecified atom stereocenters. The van der Waals surface area contributed by atoms with Crippen molar-refractivity contribution >= 4 is 22.9 Å². The largest absolute Gasteiger partial charge is 0.312 e. The van der Waals surface area contributed by atoms with Gasteiger partial charge in [0, 0.05) is 10.9 Å². The van der Waals surface area contributed by atoms with E-state index in [1.54, 1.807) is 23.5 Å². The molecule has 1 aromatic carbocycles. The van der Waals surface area contributed by atoms with E-state index in [0.29, 0.717) is 21.6 Å². The number of rotatable bonds is 2. The van der Waals surface area contributed by atoms with Crippen LogP contribution in [-0.4, -0.2) is 12.0 Å². The molecule has 2 nitrogen and oxygen atoms in total. The topological polar surface area (TPSA) is 24.9 Å². The van der Waals surface area contributed by atoms with Crippen molar-refractivity contribution in [3.05, 3.63) is 39.6 Å². The summed E-state index contributed by atoms with van der Waals surface area (Å²) in [6.07, 6.45) is 3.19. The maximum Gasteiger partial charge on any atom is 0.134 e. The standard InChI is InChI=1S/C14H14ClFN2S/c1-17-10-6-3-7-11-13(10)19-14(18-11)12-8(15)4-2-5-9(12)16/h2,4-5,10,17H,3,6-7H2,1H3. The van der Waals surface area contributed by atoms with Gasteiger partial charge in [-0.05, 0) is 38.4 Å². The average molecular weight is 297 g/mol. The van der Waals surface area contributed by atoms with Crippen molar-refractivity contribution in [2.75, 3.05) is 7.05 Å². The van der Waals surface area contributed by atoms with Gasteiger partial charge in [0.05, 0.1) is 16.3 Å². The summed E-state index contributed by atoms with van der Waals surface area (Å²) in [5.41, 5.74) is 1.52. The zero-order chi connectivity index (χ0) is 13.4. The van der Waals surface area contributed by atoms with Gasteiger partial charge in [-0.15, -0.1) is 11.3 Å². The van der Waals surface area contributed by atoms with E-state index in [0.717, 1.165) is 25.0 Å². The van der Waals surface area contributed by atoms with E-state index in [1.165, 1.54) is 10.9 Å². The first-order valence-electron chi connectivity index (χ1n) is 6.32. The van der Waals surface area contributed by atoms with Crippen LogP contribution in [0.3, 0.4) is 0 Å². The number of fused-ring (bicyclic) bond motifs is 1. The van der Waals surface area contributed by atoms with Crippen molar-refractivity contribution in [3.8, 4) is 10.6 Å². The SMILES string of the molecule is CNC1CCCc2nc(-c3c(F)cccc3Cl)sc21. The molecule has 1 aliphatic carbocycles. The molecule has 0 saturated heterocycles. The minimum atomic E-state index is -0.306. The third kappa shape index (κ3) is 2.29. The van der Waals surface area contributed by atoms with Gasteiger partial charge in [0.2, 0.25) is 0 Å². The third-order valence-electron chi connectivity index (χ3n) is 3.48. The fourth-order valence-corrected chi connectivity index (χ4v) is 4.13. The Balaban J connectivity index is 2.10. The van der Waals surface area contributed by atoms with Crippen molar-refractivity contribution in [1.29, 1.82) is 0 Å². The van der Waals surface area contributed by atoms with Crippen LogP contribution < -0.4 is 5.32 Å². The van der Waals surface area contributed by atoms with Crippen LogP contribution in [0.25, 0.3) is 10.6 Å². The van der Waals surface area contributed by atoms with E-state index in [4.69, 9.17) is 11.6 Å². The van der Waals surface area contributed by atoms with Gasteiger partial charge in [-0.25, -0.2) is 9.37 Å². The van der Waals surface area contributed by atoms with Crippen LogP contribution in [0.2, 0.25) is 5.02 Å². The molecule has 1 N–H and O–H groups in total. The predicted octanol–water partition coefficient (Wildman–Crippen LogP) is 4.20. The fourth-order valence-electron chi connectivity index (χ4n) is 2.50. The summed E-state index contributed by atoms with van der Waals surface area (Å²) in [6, 6.07) is 5.08. The molecule has 0 spiro atoms. The van der Waals surface area contributed by atoms with Crippen molar-refractivity contribution in [2.45, 2.75) is 25.3 Å². The smallest absolute Gasteiger partial charge is 0.134 e. The third-order valence-corrected chi connectivity index (χ3v) is 5.02. The van der Waals surface area contributed by atoms with E-state index in [2.05, 4.69) is 10.3 Å². The summed E-state index contributed by atoms with van der Waals surface area (Å²) in [7, 11) is 1.95. The molecule has 1 heterocycles. The Bertz CT molecular complexity index is 591. The molecule has 2 aromatic rings. The van der Waals surface area contributed by atoms with Gasteiger partial charge in [-0.3, -0.25) is 0 Å². The van der Waals surface area contributed by atoms with Crippen molar-refractivity contribution in [3.63, 3.8) is 0 Å². The maximum absolute atomic E-state index is 13.9. The first-order valence-corrected chi connectivity index (χ1v) is 7.51. The lowest BCUT2D eigenvalue weighted by Gasteiger charge is -2.19. The molecule has 0 saturated carbocycles. The average Bonchev–Trinajstić information content (AvgIpc) is 2.81. The highest BCUT2D eigenvalue weighted by Gasteiger charge is 2.25. The van der Waals surface area contributed by atoms with Gasteiger partial charge in [0.15, 0.2) is 0 Å². The lowest BCUT2D eigenvalue weighted by atomic mass is 9.98. The molecule has 1 atom stereocenters. The highest BCUT2D eigenvalue weighted by molar-refractivity contribution is 7.15. The van der Waals surface area contributed by atoms with Crippen LogP contribution in [0.5, 0.6) is 0 Å². The molecule has 1 aromatic heterocycles. The molecular formula is C14H14ClFN2S. The summed E-state index contributed by atoms with van der Waals surface area (Å²) >= 11 is 7.66. The second-order valence-corrected chi connectivity index (χ2v) is 6.10. The number of nitrogens with one attached hydrogen (secondary N) is 1. The number of aromatic nitrogens is 1. The Labute approximate surface area is 120 Å². The van der Waals surface area contributed by atoms with E-state index < -0.39 is 0 Å². The minimum absolute atomic E-state index is 0.306. The summed E-state index contributed by atoms with van der Waals surface area (Å²) in [6.45, 7) is 0. The molecule has 3 rings (SSSR count). The van der Waals surface area contributed by atoms with Crippen LogP contribution in [0.1, 0.15) is 29.5 Å². The number of benzene rings is 1. The molecule has 19 heavy (non-hydrogen) atoms. The van der Waals surface area contributed by atoms with E-state index >= 15 is 0 Å². The monoisotopic (exact) mass is 296 g/mol. The molecule has 0 aliphatic heterocycles. The van der Waals surface area contributed by atoms with Gasteiger partial charge >= 0.3 is 0 Å². The molecule has 0 bridgehead atoms. The number of thiazole rings is 1. The quantitative estimate of drug-likeness (QED) is 0.898. The normalized spacial score (nSPS) is 18.4. The summed E-state index contributed by atoms with van der Waals surface area (Å²) in [5.74, 6) is -0.306. The molecule has 0 radical (unpaired) electrons. The Hall–Kier alpha value is -0.970. The van der Waals surface area contributed by atoms with Gasteiger partial charge in [-0.1, -0.05) is 17.7 Å². The minimum Gasteiger partial charge on any atom is -0.312 e. The second-order valence-electron chi connectivity index (χ2n) is 4.66. The summed E-state index contributed by atoms with van der Waals surface area (Å²) in [4.78, 5) is 5.82. The maximum atomic E-state index is 13.9. The van der Waals surface area contributed by atoms with Crippen LogP contribution in [-0.2, 0) is 6.42 Å². The van der Waals surface area contributed by atoms with E-state index in [-0.39, 0.29) is 5.82 Å². The highest BCUT2D eigenvalue weighted by atomic mass is 35.5. The van der Waals surface area contributed by atoms with Crippen LogP contribution >= 0.6 is 22.9 Å². The lowest BCUT2D eigenvalue weighted by molar-refractivity contribution is 0.501. The number of hydrogen-bond donors (Lipinski definition) is 1. The Kier molecular flexibility index (Phi) is 3.56. The molecule has 0 amide bonds. The van der Waals surface area contributed by atoms with E-state index in [1.807, 2.05) is 7.05 Å². The van der Waals surface area contributed by atoms with Gasteiger partial charge < -0.3 is 5.32 Å². The molecule has 1 aliphatic rings. The first kappa shape index (κ1) is 13.0. The van der Waals surface area contributed by atoms with Crippen molar-refractivity contribution < 1.29 is 4.39 Å². The van der Waals surface area contributed by atoms with Crippen LogP contribution in [0.4, 0.5) is 4.39 Å². The zero-order valence-corrected chi connectivity index (χ0v) is 12.1. The van der Waals surface area contributed by atoms with Crippen molar-refractivity contribution in [2.24, 2.45) is 0 Å². The van der Waals surface area contributed by atoms with E-state index in [9.17, 15) is 4.39 Å². The number of halogens is 2. The highest BCUT2D eigenvalue weighted by Crippen LogP contribution is 2.40. The van der Waals surface area contributed by atoms with Gasteiger partial charge in [0.25, 0.3) is 0 Å².